The van der Waals surface area contributed by atoms with Crippen LogP contribution in [0, 0.1) is 5.92 Å². The molecule has 0 aliphatic rings. The third-order valence-electron chi connectivity index (χ3n) is 3.10. The topological polar surface area (TPSA) is 37.8 Å². The number of nitrogens with zero attached hydrogens (tertiary/aromatic N) is 2. The quantitative estimate of drug-likeness (QED) is 0.839. The molecule has 0 saturated carbocycles. The van der Waals surface area contributed by atoms with Gasteiger partial charge < -0.3 is 5.32 Å². The predicted molar refractivity (Wildman–Crippen MR) is 82.4 cm³/mol. The molecule has 0 radical (unpaired) electrons. The van der Waals surface area contributed by atoms with Crippen molar-refractivity contribution in [3.8, 4) is 0 Å². The summed E-state index contributed by atoms with van der Waals surface area (Å²) >= 11 is 0. The fourth-order valence-electron chi connectivity index (χ4n) is 2.05. The second kappa shape index (κ2) is 7.75. The Kier molecular flexibility index (Phi) is 5.69. The van der Waals surface area contributed by atoms with Crippen molar-refractivity contribution in [2.24, 2.45) is 5.92 Å². The van der Waals surface area contributed by atoms with Gasteiger partial charge in [-0.15, -0.1) is 0 Å². The monoisotopic (exact) mass is 269 g/mol. The molecule has 2 rings (SSSR count). The molecule has 0 bridgehead atoms. The number of aromatic nitrogens is 2. The van der Waals surface area contributed by atoms with Crippen molar-refractivity contribution >= 4 is 0 Å². The van der Waals surface area contributed by atoms with E-state index in [9.17, 15) is 0 Å². The van der Waals surface area contributed by atoms with Gasteiger partial charge in [-0.05, 0) is 30.5 Å². The third-order valence-corrected chi connectivity index (χ3v) is 3.10. The lowest BCUT2D eigenvalue weighted by Crippen LogP contribution is -2.20. The average Bonchev–Trinajstić information content (AvgIpc) is 2.46. The van der Waals surface area contributed by atoms with E-state index in [1.807, 2.05) is 18.3 Å². The maximum atomic E-state index is 4.61. The summed E-state index contributed by atoms with van der Waals surface area (Å²) in [7, 11) is 0. The Labute approximate surface area is 121 Å². The number of rotatable bonds is 7. The lowest BCUT2D eigenvalue weighted by atomic mass is 10.1. The van der Waals surface area contributed by atoms with Crippen LogP contribution in [-0.4, -0.2) is 16.5 Å². The lowest BCUT2D eigenvalue weighted by molar-refractivity contribution is 0.547. The number of nitrogens with one attached hydrogen (secondary N) is 1. The summed E-state index contributed by atoms with van der Waals surface area (Å²) in [4.78, 5) is 8.97. The highest BCUT2D eigenvalue weighted by atomic mass is 14.9. The van der Waals surface area contributed by atoms with E-state index in [0.717, 1.165) is 37.4 Å². The second-order valence-corrected chi connectivity index (χ2v) is 5.47. The standard InChI is InChI=1S/C17H23N3/c1-14(2)12-18-13-16-10-11-19-17(20-16)9-8-15-6-4-3-5-7-15/h3-7,10-11,14,18H,8-9,12-13H2,1-2H3. The number of hydrogen-bond acceptors (Lipinski definition) is 3. The van der Waals surface area contributed by atoms with E-state index >= 15 is 0 Å². The van der Waals surface area contributed by atoms with Crippen LogP contribution in [0.4, 0.5) is 0 Å². The SMILES string of the molecule is CC(C)CNCc1ccnc(CCc2ccccc2)n1. The van der Waals surface area contributed by atoms with E-state index in [2.05, 4.69) is 53.4 Å². The van der Waals surface area contributed by atoms with Crippen LogP contribution in [0.5, 0.6) is 0 Å². The minimum absolute atomic E-state index is 0.661. The van der Waals surface area contributed by atoms with Gasteiger partial charge in [0.25, 0.3) is 0 Å². The maximum Gasteiger partial charge on any atom is 0.128 e. The molecule has 3 heteroatoms. The van der Waals surface area contributed by atoms with Gasteiger partial charge in [-0.25, -0.2) is 9.97 Å². The van der Waals surface area contributed by atoms with Crippen molar-refractivity contribution in [2.75, 3.05) is 6.54 Å². The fourth-order valence-corrected chi connectivity index (χ4v) is 2.05. The minimum Gasteiger partial charge on any atom is -0.311 e. The highest BCUT2D eigenvalue weighted by Gasteiger charge is 2.01. The van der Waals surface area contributed by atoms with E-state index in [0.29, 0.717) is 5.92 Å². The molecule has 106 valence electrons. The Morgan fingerprint density at radius 2 is 1.85 bits per heavy atom. The van der Waals surface area contributed by atoms with E-state index in [1.165, 1.54) is 5.56 Å². The van der Waals surface area contributed by atoms with Crippen LogP contribution in [0.25, 0.3) is 0 Å². The van der Waals surface area contributed by atoms with Crippen LogP contribution in [0.1, 0.15) is 30.9 Å². The number of hydrogen-bond donors (Lipinski definition) is 1. The van der Waals surface area contributed by atoms with Crippen LogP contribution in [0.15, 0.2) is 42.6 Å². The molecular weight excluding hydrogens is 246 g/mol. The van der Waals surface area contributed by atoms with Gasteiger partial charge in [0.05, 0.1) is 5.69 Å². The van der Waals surface area contributed by atoms with Crippen molar-refractivity contribution in [3.05, 3.63) is 59.7 Å². The fraction of sp³-hybridized carbons (Fsp3) is 0.412. The normalized spacial score (nSPS) is 10.9. The van der Waals surface area contributed by atoms with E-state index < -0.39 is 0 Å². The van der Waals surface area contributed by atoms with Crippen LogP contribution < -0.4 is 5.32 Å². The zero-order valence-corrected chi connectivity index (χ0v) is 12.3. The van der Waals surface area contributed by atoms with Gasteiger partial charge in [-0.1, -0.05) is 44.2 Å². The van der Waals surface area contributed by atoms with Gasteiger partial charge in [0.1, 0.15) is 5.82 Å². The highest BCUT2D eigenvalue weighted by Crippen LogP contribution is 2.04. The first-order chi connectivity index (χ1) is 9.74. The third kappa shape index (κ3) is 5.10. The molecule has 0 atom stereocenters. The molecule has 0 aliphatic carbocycles. The summed E-state index contributed by atoms with van der Waals surface area (Å²) in [6.07, 6.45) is 3.74. The Bertz CT molecular complexity index is 509. The smallest absolute Gasteiger partial charge is 0.128 e. The highest BCUT2D eigenvalue weighted by molar-refractivity contribution is 5.15. The molecule has 3 nitrogen and oxygen atoms in total. The van der Waals surface area contributed by atoms with Gasteiger partial charge in [0.15, 0.2) is 0 Å². The molecule has 1 N–H and O–H groups in total. The first-order valence-corrected chi connectivity index (χ1v) is 7.29. The molecule has 0 fully saturated rings. The van der Waals surface area contributed by atoms with Crippen LogP contribution in [-0.2, 0) is 19.4 Å². The van der Waals surface area contributed by atoms with Crippen LogP contribution >= 0.6 is 0 Å². The Morgan fingerprint density at radius 1 is 1.05 bits per heavy atom. The summed E-state index contributed by atoms with van der Waals surface area (Å²) in [6.45, 7) is 6.25. The molecule has 0 amide bonds. The number of benzene rings is 1. The average molecular weight is 269 g/mol. The molecule has 0 saturated heterocycles. The largest absolute Gasteiger partial charge is 0.311 e. The Hall–Kier alpha value is -1.74. The Balaban J connectivity index is 1.86. The van der Waals surface area contributed by atoms with Crippen LogP contribution in [0.2, 0.25) is 0 Å². The van der Waals surface area contributed by atoms with E-state index in [1.54, 1.807) is 0 Å². The summed E-state index contributed by atoms with van der Waals surface area (Å²) < 4.78 is 0. The molecule has 0 aliphatic heterocycles. The zero-order chi connectivity index (χ0) is 14.2. The first kappa shape index (κ1) is 14.7. The van der Waals surface area contributed by atoms with Crippen molar-refractivity contribution in [1.82, 2.24) is 15.3 Å². The summed E-state index contributed by atoms with van der Waals surface area (Å²) in [6, 6.07) is 12.5. The Morgan fingerprint density at radius 3 is 2.60 bits per heavy atom. The van der Waals surface area contributed by atoms with E-state index in [-0.39, 0.29) is 0 Å². The summed E-state index contributed by atoms with van der Waals surface area (Å²) in [5, 5.41) is 3.41. The van der Waals surface area contributed by atoms with Gasteiger partial charge in [-0.2, -0.15) is 0 Å². The second-order valence-electron chi connectivity index (χ2n) is 5.47. The summed E-state index contributed by atoms with van der Waals surface area (Å²) in [5.41, 5.74) is 2.41. The molecule has 2 aromatic rings. The van der Waals surface area contributed by atoms with Gasteiger partial charge in [-0.3, -0.25) is 0 Å². The van der Waals surface area contributed by atoms with Gasteiger partial charge >= 0.3 is 0 Å². The van der Waals surface area contributed by atoms with Crippen molar-refractivity contribution in [3.63, 3.8) is 0 Å². The molecule has 20 heavy (non-hydrogen) atoms. The zero-order valence-electron chi connectivity index (χ0n) is 12.3. The van der Waals surface area contributed by atoms with Crippen molar-refractivity contribution in [2.45, 2.75) is 33.2 Å². The lowest BCUT2D eigenvalue weighted by Gasteiger charge is -2.07. The van der Waals surface area contributed by atoms with Crippen molar-refractivity contribution < 1.29 is 0 Å². The molecule has 1 aromatic carbocycles. The molecular formula is C17H23N3. The van der Waals surface area contributed by atoms with E-state index in [4.69, 9.17) is 0 Å². The molecule has 1 aromatic heterocycles. The molecule has 1 heterocycles. The molecule has 0 spiro atoms. The number of aryl methyl sites for hydroxylation is 2. The minimum atomic E-state index is 0.661. The summed E-state index contributed by atoms with van der Waals surface area (Å²) in [5.74, 6) is 1.59. The predicted octanol–water partition coefficient (Wildman–Crippen LogP) is 3.01. The van der Waals surface area contributed by atoms with Gasteiger partial charge in [0, 0.05) is 19.2 Å². The maximum absolute atomic E-state index is 4.61. The van der Waals surface area contributed by atoms with Gasteiger partial charge in [0.2, 0.25) is 0 Å². The van der Waals surface area contributed by atoms with Crippen LogP contribution in [0.3, 0.4) is 0 Å². The first-order valence-electron chi connectivity index (χ1n) is 7.29. The van der Waals surface area contributed by atoms with Crippen molar-refractivity contribution in [1.29, 1.82) is 0 Å². The molecule has 0 unspecified atom stereocenters.